The second-order valence-corrected chi connectivity index (χ2v) is 7.08. The first-order chi connectivity index (χ1) is 12.5. The average Bonchev–Trinajstić information content (AvgIpc) is 2.65. The van der Waals surface area contributed by atoms with E-state index in [0.717, 1.165) is 23.0 Å². The van der Waals surface area contributed by atoms with Gasteiger partial charge < -0.3 is 5.32 Å². The van der Waals surface area contributed by atoms with E-state index in [1.165, 1.54) is 18.5 Å². The van der Waals surface area contributed by atoms with Gasteiger partial charge in [-0.15, -0.1) is 0 Å². The van der Waals surface area contributed by atoms with Crippen molar-refractivity contribution >= 4 is 32.4 Å². The highest BCUT2D eigenvalue weighted by atomic mass is 32.2. The monoisotopic (exact) mass is 373 g/mol. The fraction of sp³-hybridized carbons (Fsp3) is 0.125. The molecule has 134 valence electrons. The van der Waals surface area contributed by atoms with Crippen molar-refractivity contribution in [2.45, 2.75) is 4.90 Å². The van der Waals surface area contributed by atoms with Crippen LogP contribution in [0.4, 0.5) is 11.5 Å². The molecule has 2 aromatic carbocycles. The molecule has 2 N–H and O–H groups in total. The lowest BCUT2D eigenvalue weighted by atomic mass is 10.2. The summed E-state index contributed by atoms with van der Waals surface area (Å²) in [6.45, 7) is 0.435. The predicted octanol–water partition coefficient (Wildman–Crippen LogP) is 1.93. The van der Waals surface area contributed by atoms with Gasteiger partial charge in [-0.3, -0.25) is 10.1 Å². The Morgan fingerprint density at radius 1 is 1.00 bits per heavy atom. The van der Waals surface area contributed by atoms with E-state index in [0.29, 0.717) is 12.4 Å². The van der Waals surface area contributed by atoms with Crippen LogP contribution in [-0.2, 0) is 10.0 Å². The van der Waals surface area contributed by atoms with Gasteiger partial charge >= 0.3 is 0 Å². The normalized spacial score (nSPS) is 11.4. The van der Waals surface area contributed by atoms with Gasteiger partial charge in [0.05, 0.1) is 15.3 Å². The zero-order valence-corrected chi connectivity index (χ0v) is 14.3. The molecule has 1 heterocycles. The van der Waals surface area contributed by atoms with Crippen LogP contribution in [0.3, 0.4) is 0 Å². The first-order valence-corrected chi connectivity index (χ1v) is 9.13. The molecule has 0 spiro atoms. The number of nitrogens with one attached hydrogen (secondary N) is 2. The van der Waals surface area contributed by atoms with Crippen LogP contribution in [0.2, 0.25) is 0 Å². The van der Waals surface area contributed by atoms with E-state index in [9.17, 15) is 18.5 Å². The number of para-hydroxylation sites is 1. The molecule has 0 radical (unpaired) electrons. The molecule has 0 aliphatic heterocycles. The largest absolute Gasteiger partial charge is 0.368 e. The van der Waals surface area contributed by atoms with Crippen LogP contribution in [0, 0.1) is 10.1 Å². The zero-order chi connectivity index (χ0) is 18.6. The van der Waals surface area contributed by atoms with Crippen molar-refractivity contribution in [1.82, 2.24) is 14.7 Å². The Bertz CT molecular complexity index is 1030. The van der Waals surface area contributed by atoms with E-state index in [-0.39, 0.29) is 17.1 Å². The van der Waals surface area contributed by atoms with E-state index >= 15 is 0 Å². The molecule has 10 heteroatoms. The summed E-state index contributed by atoms with van der Waals surface area (Å²) in [7, 11) is -3.75. The molecule has 0 saturated heterocycles. The van der Waals surface area contributed by atoms with Crippen LogP contribution in [-0.4, -0.2) is 36.4 Å². The van der Waals surface area contributed by atoms with Gasteiger partial charge in [-0.05, 0) is 24.3 Å². The van der Waals surface area contributed by atoms with Crippen molar-refractivity contribution < 1.29 is 13.3 Å². The van der Waals surface area contributed by atoms with Crippen molar-refractivity contribution in [1.29, 1.82) is 0 Å². The number of hydrogen-bond acceptors (Lipinski definition) is 7. The average molecular weight is 373 g/mol. The van der Waals surface area contributed by atoms with Gasteiger partial charge in [-0.2, -0.15) is 0 Å². The lowest BCUT2D eigenvalue weighted by Gasteiger charge is -2.09. The number of nitrogens with zero attached hydrogens (tertiary/aromatic N) is 3. The molecular formula is C16H15N5O4S. The van der Waals surface area contributed by atoms with E-state index < -0.39 is 14.9 Å². The van der Waals surface area contributed by atoms with Gasteiger partial charge in [0, 0.05) is 30.6 Å². The van der Waals surface area contributed by atoms with Crippen LogP contribution in [0.15, 0.2) is 59.8 Å². The number of benzene rings is 2. The summed E-state index contributed by atoms with van der Waals surface area (Å²) >= 11 is 0. The first-order valence-electron chi connectivity index (χ1n) is 7.65. The lowest BCUT2D eigenvalue weighted by molar-refractivity contribution is -0.384. The molecule has 0 aliphatic rings. The smallest absolute Gasteiger partial charge is 0.269 e. The Kier molecular flexibility index (Phi) is 5.05. The van der Waals surface area contributed by atoms with Crippen molar-refractivity contribution in [2.75, 3.05) is 18.4 Å². The molecule has 3 rings (SSSR count). The summed E-state index contributed by atoms with van der Waals surface area (Å²) in [5.74, 6) is 0.616. The van der Waals surface area contributed by atoms with Crippen LogP contribution in [0.5, 0.6) is 0 Å². The Morgan fingerprint density at radius 3 is 2.46 bits per heavy atom. The number of anilines is 1. The van der Waals surface area contributed by atoms with Crippen LogP contribution >= 0.6 is 0 Å². The van der Waals surface area contributed by atoms with Gasteiger partial charge in [-0.25, -0.2) is 23.1 Å². The number of rotatable bonds is 7. The number of nitro groups is 1. The van der Waals surface area contributed by atoms with Gasteiger partial charge in [0.2, 0.25) is 10.0 Å². The molecular weight excluding hydrogens is 358 g/mol. The van der Waals surface area contributed by atoms with Crippen molar-refractivity contribution in [2.24, 2.45) is 0 Å². The van der Waals surface area contributed by atoms with Gasteiger partial charge in [0.25, 0.3) is 5.69 Å². The third kappa shape index (κ3) is 3.92. The highest BCUT2D eigenvalue weighted by Crippen LogP contribution is 2.18. The molecule has 0 bridgehead atoms. The van der Waals surface area contributed by atoms with Gasteiger partial charge in [-0.1, -0.05) is 12.1 Å². The summed E-state index contributed by atoms with van der Waals surface area (Å²) in [4.78, 5) is 18.3. The molecule has 1 aromatic heterocycles. The van der Waals surface area contributed by atoms with Gasteiger partial charge in [0.1, 0.15) is 12.1 Å². The maximum absolute atomic E-state index is 12.2. The Labute approximate surface area is 149 Å². The van der Waals surface area contributed by atoms with E-state index in [4.69, 9.17) is 0 Å². The molecule has 0 saturated carbocycles. The summed E-state index contributed by atoms with van der Waals surface area (Å²) in [5, 5.41) is 14.5. The van der Waals surface area contributed by atoms with Crippen LogP contribution in [0.25, 0.3) is 10.9 Å². The molecule has 0 atom stereocenters. The summed E-state index contributed by atoms with van der Waals surface area (Å²) in [6, 6.07) is 12.2. The standard InChI is InChI=1S/C16H15N5O4S/c22-21(23)12-5-7-13(8-6-12)26(24,25)20-10-9-17-16-14-3-1-2-4-15(14)18-11-19-16/h1-8,11,20H,9-10H2,(H,17,18,19). The third-order valence-corrected chi connectivity index (χ3v) is 5.09. The fourth-order valence-corrected chi connectivity index (χ4v) is 3.37. The third-order valence-electron chi connectivity index (χ3n) is 3.61. The molecule has 0 fully saturated rings. The molecule has 26 heavy (non-hydrogen) atoms. The zero-order valence-electron chi connectivity index (χ0n) is 13.5. The minimum atomic E-state index is -3.75. The summed E-state index contributed by atoms with van der Waals surface area (Å²) in [5.41, 5.74) is 0.623. The predicted molar refractivity (Wildman–Crippen MR) is 96.3 cm³/mol. The maximum Gasteiger partial charge on any atom is 0.269 e. The second kappa shape index (κ2) is 7.42. The number of fused-ring (bicyclic) bond motifs is 1. The van der Waals surface area contributed by atoms with Crippen molar-refractivity contribution in [3.8, 4) is 0 Å². The molecule has 0 amide bonds. The van der Waals surface area contributed by atoms with Crippen molar-refractivity contribution in [3.63, 3.8) is 0 Å². The second-order valence-electron chi connectivity index (χ2n) is 5.31. The van der Waals surface area contributed by atoms with Crippen molar-refractivity contribution in [3.05, 3.63) is 65.0 Å². The number of aromatic nitrogens is 2. The SMILES string of the molecule is O=[N+]([O-])c1ccc(S(=O)(=O)NCCNc2ncnc3ccccc23)cc1. The number of non-ortho nitro benzene ring substituents is 1. The van der Waals surface area contributed by atoms with Gasteiger partial charge in [0.15, 0.2) is 0 Å². The van der Waals surface area contributed by atoms with E-state index in [2.05, 4.69) is 20.0 Å². The molecule has 9 nitrogen and oxygen atoms in total. The van der Waals surface area contributed by atoms with Crippen LogP contribution < -0.4 is 10.0 Å². The minimum Gasteiger partial charge on any atom is -0.368 e. The Morgan fingerprint density at radius 2 is 1.73 bits per heavy atom. The number of hydrogen-bond donors (Lipinski definition) is 2. The molecule has 3 aromatic rings. The topological polar surface area (TPSA) is 127 Å². The quantitative estimate of drug-likeness (QED) is 0.368. The highest BCUT2D eigenvalue weighted by molar-refractivity contribution is 7.89. The molecule has 0 unspecified atom stereocenters. The lowest BCUT2D eigenvalue weighted by Crippen LogP contribution is -2.29. The Hall–Kier alpha value is -3.11. The number of sulfonamides is 1. The van der Waals surface area contributed by atoms with E-state index in [1.807, 2.05) is 24.3 Å². The minimum absolute atomic E-state index is 0.0319. The Balaban J connectivity index is 1.61. The fourth-order valence-electron chi connectivity index (χ4n) is 2.34. The summed E-state index contributed by atoms with van der Waals surface area (Å²) in [6.07, 6.45) is 1.44. The number of nitro benzene ring substituents is 1. The molecule has 0 aliphatic carbocycles. The summed E-state index contributed by atoms with van der Waals surface area (Å²) < 4.78 is 26.8. The first kappa shape index (κ1) is 17.7. The highest BCUT2D eigenvalue weighted by Gasteiger charge is 2.15. The van der Waals surface area contributed by atoms with Crippen LogP contribution in [0.1, 0.15) is 0 Å². The maximum atomic E-state index is 12.2. The van der Waals surface area contributed by atoms with E-state index in [1.54, 1.807) is 0 Å².